The molecule has 2 rings (SSSR count). The van der Waals surface area contributed by atoms with Gasteiger partial charge in [-0.05, 0) is 62.2 Å². The summed E-state index contributed by atoms with van der Waals surface area (Å²) in [5.41, 5.74) is 0.515. The monoisotopic (exact) mass is 439 g/mol. The Morgan fingerprint density at radius 2 is 1.70 bits per heavy atom. The van der Waals surface area contributed by atoms with Crippen molar-refractivity contribution >= 4 is 66.7 Å². The van der Waals surface area contributed by atoms with Crippen molar-refractivity contribution in [1.29, 1.82) is 0 Å². The third-order valence-electron chi connectivity index (χ3n) is 2.46. The minimum atomic E-state index is -0.502. The fourth-order valence-electron chi connectivity index (χ4n) is 1.48. The van der Waals surface area contributed by atoms with Gasteiger partial charge >= 0.3 is 0 Å². The van der Waals surface area contributed by atoms with Crippen LogP contribution < -0.4 is 5.32 Å². The summed E-state index contributed by atoms with van der Waals surface area (Å²) < 4.78 is 14.3. The molecule has 1 amide bonds. The summed E-state index contributed by atoms with van der Waals surface area (Å²) in [5, 5.41) is 3.09. The SMILES string of the molecule is O=C(Nc1ccc(Br)c(Cl)c1Cl)c1cc(F)ccc1Br. The number of benzene rings is 2. The fraction of sp³-hybridized carbons (Fsp3) is 0. The largest absolute Gasteiger partial charge is 0.321 e. The molecule has 0 fully saturated rings. The summed E-state index contributed by atoms with van der Waals surface area (Å²) in [7, 11) is 0. The van der Waals surface area contributed by atoms with Crippen LogP contribution in [0.1, 0.15) is 10.4 Å². The van der Waals surface area contributed by atoms with E-state index in [2.05, 4.69) is 37.2 Å². The van der Waals surface area contributed by atoms with Gasteiger partial charge in [0.1, 0.15) is 5.82 Å². The zero-order valence-corrected chi connectivity index (χ0v) is 14.4. The lowest BCUT2D eigenvalue weighted by atomic mass is 10.2. The Balaban J connectivity index is 2.33. The molecule has 0 saturated heterocycles. The molecule has 104 valence electrons. The minimum absolute atomic E-state index is 0.167. The highest BCUT2D eigenvalue weighted by Crippen LogP contribution is 2.36. The van der Waals surface area contributed by atoms with Crippen LogP contribution in [0.4, 0.5) is 10.1 Å². The molecule has 0 bridgehead atoms. The summed E-state index contributed by atoms with van der Waals surface area (Å²) in [6.45, 7) is 0. The molecule has 0 aliphatic rings. The molecule has 0 radical (unpaired) electrons. The third-order valence-corrected chi connectivity index (χ3v) is 4.92. The van der Waals surface area contributed by atoms with Crippen LogP contribution in [0, 0.1) is 5.82 Å². The van der Waals surface area contributed by atoms with Gasteiger partial charge < -0.3 is 5.32 Å². The number of carbonyl (C=O) groups is 1. The van der Waals surface area contributed by atoms with E-state index in [1.165, 1.54) is 12.1 Å². The van der Waals surface area contributed by atoms with Gasteiger partial charge in [0.05, 0.1) is 21.3 Å². The van der Waals surface area contributed by atoms with E-state index >= 15 is 0 Å². The number of nitrogens with one attached hydrogen (secondary N) is 1. The molecule has 1 N–H and O–H groups in total. The maximum absolute atomic E-state index is 13.2. The second-order valence-electron chi connectivity index (χ2n) is 3.80. The first-order valence-corrected chi connectivity index (χ1v) is 7.64. The first-order valence-electron chi connectivity index (χ1n) is 5.30. The second-order valence-corrected chi connectivity index (χ2v) is 6.27. The number of carbonyl (C=O) groups excluding carboxylic acids is 1. The van der Waals surface area contributed by atoms with E-state index in [0.717, 1.165) is 6.07 Å². The molecule has 2 aromatic carbocycles. The van der Waals surface area contributed by atoms with Crippen LogP contribution >= 0.6 is 55.1 Å². The Morgan fingerprint density at radius 3 is 2.40 bits per heavy atom. The van der Waals surface area contributed by atoms with Crippen LogP contribution in [0.3, 0.4) is 0 Å². The molecule has 7 heteroatoms. The molecule has 2 nitrogen and oxygen atoms in total. The van der Waals surface area contributed by atoms with Crippen LogP contribution in [-0.4, -0.2) is 5.91 Å². The van der Waals surface area contributed by atoms with E-state index in [4.69, 9.17) is 23.2 Å². The lowest BCUT2D eigenvalue weighted by molar-refractivity contribution is 0.102. The number of amides is 1. The zero-order valence-electron chi connectivity index (χ0n) is 9.68. The standard InChI is InChI=1S/C13H6Br2Cl2FNO/c14-8-2-1-6(18)5-7(8)13(20)19-10-4-3-9(15)11(16)12(10)17/h1-5H,(H,19,20). The van der Waals surface area contributed by atoms with Gasteiger partial charge in [0, 0.05) is 8.95 Å². The van der Waals surface area contributed by atoms with Gasteiger partial charge in [0.15, 0.2) is 0 Å². The molecular formula is C13H6Br2Cl2FNO. The van der Waals surface area contributed by atoms with Crippen molar-refractivity contribution in [2.75, 3.05) is 5.32 Å². The lowest BCUT2D eigenvalue weighted by Crippen LogP contribution is -2.13. The van der Waals surface area contributed by atoms with Crippen LogP contribution in [0.5, 0.6) is 0 Å². The van der Waals surface area contributed by atoms with Crippen molar-refractivity contribution in [3.8, 4) is 0 Å². The van der Waals surface area contributed by atoms with E-state index in [-0.39, 0.29) is 10.6 Å². The number of hydrogen-bond donors (Lipinski definition) is 1. The first kappa shape index (κ1) is 15.8. The van der Waals surface area contributed by atoms with Crippen LogP contribution in [-0.2, 0) is 0 Å². The lowest BCUT2D eigenvalue weighted by Gasteiger charge is -2.10. The van der Waals surface area contributed by atoms with Gasteiger partial charge in [-0.15, -0.1) is 0 Å². The van der Waals surface area contributed by atoms with Crippen molar-refractivity contribution in [3.05, 3.63) is 60.7 Å². The van der Waals surface area contributed by atoms with Gasteiger partial charge in [0.25, 0.3) is 5.91 Å². The maximum atomic E-state index is 13.2. The molecular weight excluding hydrogens is 436 g/mol. The number of hydrogen-bond acceptors (Lipinski definition) is 1. The van der Waals surface area contributed by atoms with Crippen molar-refractivity contribution in [1.82, 2.24) is 0 Å². The molecule has 0 spiro atoms. The van der Waals surface area contributed by atoms with Gasteiger partial charge in [-0.25, -0.2) is 4.39 Å². The number of anilines is 1. The summed E-state index contributed by atoms with van der Waals surface area (Å²) in [6, 6.07) is 7.10. The van der Waals surface area contributed by atoms with Crippen LogP contribution in [0.25, 0.3) is 0 Å². The fourth-order valence-corrected chi connectivity index (χ4v) is 2.73. The second kappa shape index (κ2) is 6.43. The molecule has 0 unspecified atom stereocenters. The van der Waals surface area contributed by atoms with E-state index in [0.29, 0.717) is 19.7 Å². The van der Waals surface area contributed by atoms with Crippen molar-refractivity contribution < 1.29 is 9.18 Å². The molecule has 20 heavy (non-hydrogen) atoms. The predicted molar refractivity (Wildman–Crippen MR) is 86.2 cm³/mol. The molecule has 0 aromatic heterocycles. The Hall–Kier alpha value is -0.620. The Morgan fingerprint density at radius 1 is 1.05 bits per heavy atom. The smallest absolute Gasteiger partial charge is 0.256 e. The average molecular weight is 442 g/mol. The van der Waals surface area contributed by atoms with E-state index in [1.807, 2.05) is 0 Å². The van der Waals surface area contributed by atoms with Gasteiger partial charge in [0.2, 0.25) is 0 Å². The quantitative estimate of drug-likeness (QED) is 0.577. The van der Waals surface area contributed by atoms with Gasteiger partial charge in [-0.1, -0.05) is 23.2 Å². The summed E-state index contributed by atoms with van der Waals surface area (Å²) in [4.78, 5) is 12.1. The predicted octanol–water partition coefficient (Wildman–Crippen LogP) is 5.91. The summed E-state index contributed by atoms with van der Waals surface area (Å²) in [6.07, 6.45) is 0. The van der Waals surface area contributed by atoms with Crippen molar-refractivity contribution in [2.45, 2.75) is 0 Å². The molecule has 0 aliphatic heterocycles. The molecule has 0 heterocycles. The normalized spacial score (nSPS) is 10.4. The first-order chi connectivity index (χ1) is 9.40. The maximum Gasteiger partial charge on any atom is 0.256 e. The Kier molecular flexibility index (Phi) is 5.07. The molecule has 2 aromatic rings. The van der Waals surface area contributed by atoms with E-state index in [1.54, 1.807) is 12.1 Å². The molecule has 0 aliphatic carbocycles. The minimum Gasteiger partial charge on any atom is -0.321 e. The highest BCUT2D eigenvalue weighted by molar-refractivity contribution is 9.10. The summed E-state index contributed by atoms with van der Waals surface area (Å²) >= 11 is 18.4. The Bertz CT molecular complexity index is 694. The zero-order chi connectivity index (χ0) is 14.9. The number of rotatable bonds is 2. The van der Waals surface area contributed by atoms with Crippen LogP contribution in [0.15, 0.2) is 39.3 Å². The van der Waals surface area contributed by atoms with E-state index in [9.17, 15) is 9.18 Å². The topological polar surface area (TPSA) is 29.1 Å². The number of halogens is 5. The van der Waals surface area contributed by atoms with Crippen LogP contribution in [0.2, 0.25) is 10.0 Å². The third kappa shape index (κ3) is 3.34. The average Bonchev–Trinajstić information content (AvgIpc) is 2.42. The molecule has 0 saturated carbocycles. The van der Waals surface area contributed by atoms with Gasteiger partial charge in [-0.3, -0.25) is 4.79 Å². The van der Waals surface area contributed by atoms with E-state index < -0.39 is 11.7 Å². The van der Waals surface area contributed by atoms with Gasteiger partial charge in [-0.2, -0.15) is 0 Å². The highest BCUT2D eigenvalue weighted by Gasteiger charge is 2.15. The molecule has 0 atom stereocenters. The van der Waals surface area contributed by atoms with Crippen molar-refractivity contribution in [2.24, 2.45) is 0 Å². The Labute approximate surface area is 141 Å². The highest BCUT2D eigenvalue weighted by atomic mass is 79.9. The van der Waals surface area contributed by atoms with Crippen molar-refractivity contribution in [3.63, 3.8) is 0 Å². The summed E-state index contributed by atoms with van der Waals surface area (Å²) in [5.74, 6) is -0.991.